The minimum absolute atomic E-state index is 0.0761. The van der Waals surface area contributed by atoms with Crippen LogP contribution in [0.15, 0.2) is 0 Å². The van der Waals surface area contributed by atoms with Gasteiger partial charge >= 0.3 is 0 Å². The van der Waals surface area contributed by atoms with E-state index in [0.717, 1.165) is 26.2 Å². The molecule has 0 aromatic heterocycles. The van der Waals surface area contributed by atoms with Crippen molar-refractivity contribution in [3.05, 3.63) is 0 Å². The van der Waals surface area contributed by atoms with Gasteiger partial charge in [0.1, 0.15) is 0 Å². The van der Waals surface area contributed by atoms with Gasteiger partial charge in [-0.2, -0.15) is 5.26 Å². The van der Waals surface area contributed by atoms with Gasteiger partial charge in [-0.05, 0) is 123 Å². The van der Waals surface area contributed by atoms with Crippen LogP contribution in [0, 0.1) is 33.0 Å². The third kappa shape index (κ3) is 13.4. The number of carbonyl (C=O) groups excluding carboxylic acids is 1. The average molecular weight is 690 g/mol. The molecule has 4 fully saturated rings. The summed E-state index contributed by atoms with van der Waals surface area (Å²) in [6, 6.07) is 2.34. The highest BCUT2D eigenvalue weighted by Gasteiger charge is 2.49. The maximum absolute atomic E-state index is 11.8. The molecule has 0 atom stereocenters. The minimum atomic E-state index is -0.156. The van der Waals surface area contributed by atoms with E-state index in [4.69, 9.17) is 5.26 Å². The van der Waals surface area contributed by atoms with E-state index in [1.807, 2.05) is 21.0 Å². The molecule has 0 N–H and O–H groups in total. The molecule has 0 unspecified atom stereocenters. The molecule has 0 radical (unpaired) electrons. The van der Waals surface area contributed by atoms with Crippen LogP contribution in [0.3, 0.4) is 0 Å². The van der Waals surface area contributed by atoms with Crippen LogP contribution in [-0.4, -0.2) is 145 Å². The number of hydrogen-bond acceptors (Lipinski definition) is 7. The van der Waals surface area contributed by atoms with Crippen LogP contribution in [0.5, 0.6) is 0 Å². The van der Waals surface area contributed by atoms with Crippen LogP contribution in [0.25, 0.3) is 0 Å². The maximum Gasteiger partial charge on any atom is 0.230 e. The molecule has 8 nitrogen and oxygen atoms in total. The Hall–Kier alpha value is -1.24. The Balaban J connectivity index is 0.000000328. The van der Waals surface area contributed by atoms with Gasteiger partial charge in [0, 0.05) is 101 Å². The fraction of sp³-hybridized carbons (Fsp3) is 0.951. The molecule has 0 aromatic carbocycles. The van der Waals surface area contributed by atoms with Crippen molar-refractivity contribution in [2.24, 2.45) is 21.7 Å². The number of carbonyl (C=O) groups is 1. The third-order valence-corrected chi connectivity index (χ3v) is 11.0. The normalized spacial score (nSPS) is 23.3. The maximum atomic E-state index is 11.8. The monoisotopic (exact) mass is 690 g/mol. The van der Waals surface area contributed by atoms with Gasteiger partial charge in [0.2, 0.25) is 5.91 Å². The molecule has 288 valence electrons. The van der Waals surface area contributed by atoms with Crippen molar-refractivity contribution >= 4 is 5.91 Å². The molecule has 49 heavy (non-hydrogen) atoms. The number of rotatable bonds is 4. The lowest BCUT2D eigenvalue weighted by molar-refractivity contribution is -0.153. The molecule has 4 heterocycles. The molecule has 4 aliphatic heterocycles. The van der Waals surface area contributed by atoms with Crippen molar-refractivity contribution in [2.45, 2.75) is 146 Å². The molecule has 4 rings (SSSR count). The summed E-state index contributed by atoms with van der Waals surface area (Å²) in [6.07, 6.45) is 1.32. The summed E-state index contributed by atoms with van der Waals surface area (Å²) in [4.78, 5) is 25.6. The molecule has 0 spiro atoms. The number of amides is 1. The SMILES string of the molecule is CC1(C#N)CN(C(C)(C)C)C1.CCC1(C)CN(C(C)(C)C)C1.CN(C)C(=O)C1(C)CN(C(C)(C)C)C1.CN(C)CC1(C)CN(C(C)(C)C)C1. The first-order valence-electron chi connectivity index (χ1n) is 18.9. The highest BCUT2D eigenvalue weighted by molar-refractivity contribution is 5.83. The van der Waals surface area contributed by atoms with Gasteiger partial charge in [-0.1, -0.05) is 20.8 Å². The zero-order valence-corrected chi connectivity index (χ0v) is 36.6. The lowest BCUT2D eigenvalue weighted by Gasteiger charge is -2.55. The summed E-state index contributed by atoms with van der Waals surface area (Å²) < 4.78 is 0. The molecule has 4 saturated heterocycles. The van der Waals surface area contributed by atoms with Gasteiger partial charge in [-0.25, -0.2) is 0 Å². The van der Waals surface area contributed by atoms with Crippen LogP contribution in [0.2, 0.25) is 0 Å². The van der Waals surface area contributed by atoms with Crippen molar-refractivity contribution in [1.82, 2.24) is 29.4 Å². The van der Waals surface area contributed by atoms with Crippen LogP contribution >= 0.6 is 0 Å². The lowest BCUT2D eigenvalue weighted by Crippen LogP contribution is -2.66. The van der Waals surface area contributed by atoms with E-state index in [1.54, 1.807) is 4.90 Å². The van der Waals surface area contributed by atoms with Crippen LogP contribution < -0.4 is 0 Å². The molecule has 0 saturated carbocycles. The Labute approximate surface area is 305 Å². The fourth-order valence-electron chi connectivity index (χ4n) is 7.07. The lowest BCUT2D eigenvalue weighted by atomic mass is 9.77. The van der Waals surface area contributed by atoms with Crippen molar-refractivity contribution in [1.29, 1.82) is 5.26 Å². The van der Waals surface area contributed by atoms with Gasteiger partial charge in [0.25, 0.3) is 0 Å². The van der Waals surface area contributed by atoms with Crippen LogP contribution in [0.4, 0.5) is 0 Å². The Bertz CT molecular complexity index is 1090. The molecule has 0 aliphatic carbocycles. The van der Waals surface area contributed by atoms with E-state index < -0.39 is 0 Å². The summed E-state index contributed by atoms with van der Waals surface area (Å²) in [7, 11) is 7.97. The van der Waals surface area contributed by atoms with Gasteiger partial charge in [-0.3, -0.25) is 24.4 Å². The molecule has 0 bridgehead atoms. The highest BCUT2D eigenvalue weighted by atomic mass is 16.2. The minimum Gasteiger partial charge on any atom is -0.348 e. The zero-order chi connectivity index (χ0) is 38.8. The predicted molar refractivity (Wildman–Crippen MR) is 211 cm³/mol. The summed E-state index contributed by atoms with van der Waals surface area (Å²) >= 11 is 0. The Morgan fingerprint density at radius 1 is 0.592 bits per heavy atom. The summed E-state index contributed by atoms with van der Waals surface area (Å²) in [5.74, 6) is 0.248. The second-order valence-corrected chi connectivity index (χ2v) is 21.8. The Kier molecular flexibility index (Phi) is 14.7. The second kappa shape index (κ2) is 15.8. The highest BCUT2D eigenvalue weighted by Crippen LogP contribution is 2.38. The topological polar surface area (TPSA) is 60.3 Å². The third-order valence-electron chi connectivity index (χ3n) is 11.0. The molecule has 4 aliphatic rings. The number of nitriles is 1. The van der Waals surface area contributed by atoms with Crippen molar-refractivity contribution in [2.75, 3.05) is 87.1 Å². The Morgan fingerprint density at radius 3 is 1.16 bits per heavy atom. The standard InChI is InChI=1S/C11H22N2O.C11H24N2.C10H21N.C9H16N2/c1-10(2,3)13-7-11(4,8-13)9(14)12(5)6;1-10(2,3)13-8-11(4,9-13)7-12(5)6;1-6-10(5)7-11(8-10)9(2,3)4;1-8(2,3)11-6-9(4,5-10)7-11/h7-8H2,1-6H3;7-9H2,1-6H3;6-8H2,1-5H3;6-7H2,1-4H3. The Morgan fingerprint density at radius 2 is 0.898 bits per heavy atom. The molecule has 1 amide bonds. The summed E-state index contributed by atoms with van der Waals surface area (Å²) in [6.45, 7) is 47.9. The van der Waals surface area contributed by atoms with Crippen molar-refractivity contribution in [3.63, 3.8) is 0 Å². The number of nitrogens with zero attached hydrogens (tertiary/aromatic N) is 7. The second-order valence-electron chi connectivity index (χ2n) is 21.8. The quantitative estimate of drug-likeness (QED) is 0.315. The van der Waals surface area contributed by atoms with Crippen molar-refractivity contribution < 1.29 is 4.79 Å². The summed E-state index contributed by atoms with van der Waals surface area (Å²) in [5, 5.41) is 8.75. The predicted octanol–water partition coefficient (Wildman–Crippen LogP) is 7.01. The molecular formula is C41H83N7O. The van der Waals surface area contributed by atoms with Crippen LogP contribution in [-0.2, 0) is 4.79 Å². The van der Waals surface area contributed by atoms with Gasteiger partial charge in [0.15, 0.2) is 0 Å². The molecular weight excluding hydrogens is 606 g/mol. The van der Waals surface area contributed by atoms with E-state index >= 15 is 0 Å². The van der Waals surface area contributed by atoms with Crippen LogP contribution in [0.1, 0.15) is 124 Å². The van der Waals surface area contributed by atoms with E-state index in [0.29, 0.717) is 21.9 Å². The fourth-order valence-corrected chi connectivity index (χ4v) is 7.07. The van der Waals surface area contributed by atoms with Gasteiger partial charge in [-0.15, -0.1) is 0 Å². The number of hydrogen-bond donors (Lipinski definition) is 0. The molecule has 8 heteroatoms. The van der Waals surface area contributed by atoms with E-state index in [2.05, 4.69) is 155 Å². The van der Waals surface area contributed by atoms with E-state index in [-0.39, 0.29) is 27.8 Å². The number of likely N-dealkylation sites (tertiary alicyclic amines) is 4. The first-order valence-corrected chi connectivity index (χ1v) is 18.9. The first-order chi connectivity index (χ1) is 21.6. The molecule has 0 aromatic rings. The first kappa shape index (κ1) is 45.8. The zero-order valence-electron chi connectivity index (χ0n) is 36.6. The van der Waals surface area contributed by atoms with Crippen molar-refractivity contribution in [3.8, 4) is 6.07 Å². The summed E-state index contributed by atoms with van der Waals surface area (Å²) in [5.41, 5.74) is 2.07. The van der Waals surface area contributed by atoms with E-state index in [9.17, 15) is 4.79 Å². The van der Waals surface area contributed by atoms with E-state index in [1.165, 1.54) is 39.1 Å². The van der Waals surface area contributed by atoms with Gasteiger partial charge in [0.05, 0.1) is 16.9 Å². The smallest absolute Gasteiger partial charge is 0.230 e. The van der Waals surface area contributed by atoms with Gasteiger partial charge < -0.3 is 9.80 Å². The largest absolute Gasteiger partial charge is 0.348 e. The average Bonchev–Trinajstić information content (AvgIpc) is 2.84.